The SMILES string of the molecule is C[Si](C)(C)c1ccc(-c2ccc3cc(-c4ccc(-c5cccc6ccccc56)nc4)ccc3c2)cc1. The van der Waals surface area contributed by atoms with Crippen molar-refractivity contribution in [1.82, 2.24) is 4.98 Å². The maximum absolute atomic E-state index is 4.84. The molecule has 0 aliphatic rings. The van der Waals surface area contributed by atoms with Gasteiger partial charge in [0.2, 0.25) is 0 Å². The smallest absolute Gasteiger partial charge is 0.0775 e. The van der Waals surface area contributed by atoms with Gasteiger partial charge in [-0.25, -0.2) is 0 Å². The first-order valence-corrected chi connectivity index (χ1v) is 16.0. The van der Waals surface area contributed by atoms with Crippen LogP contribution in [-0.2, 0) is 0 Å². The molecule has 174 valence electrons. The molecular formula is C34H29NSi. The van der Waals surface area contributed by atoms with E-state index in [1.54, 1.807) is 0 Å². The van der Waals surface area contributed by atoms with Crippen LogP contribution in [0.3, 0.4) is 0 Å². The van der Waals surface area contributed by atoms with E-state index < -0.39 is 8.07 Å². The Kier molecular flexibility index (Phi) is 5.54. The van der Waals surface area contributed by atoms with Crippen LogP contribution in [0.15, 0.2) is 121 Å². The number of pyridine rings is 1. The summed E-state index contributed by atoms with van der Waals surface area (Å²) in [5.41, 5.74) is 7.03. The molecule has 1 heterocycles. The molecule has 0 unspecified atom stereocenters. The molecule has 0 saturated heterocycles. The fraction of sp³-hybridized carbons (Fsp3) is 0.0882. The summed E-state index contributed by atoms with van der Waals surface area (Å²) >= 11 is 0. The third kappa shape index (κ3) is 4.25. The van der Waals surface area contributed by atoms with E-state index in [1.807, 2.05) is 6.20 Å². The Hall–Kier alpha value is -4.01. The highest BCUT2D eigenvalue weighted by Crippen LogP contribution is 2.31. The average Bonchev–Trinajstić information content (AvgIpc) is 2.92. The normalized spacial score (nSPS) is 11.8. The highest BCUT2D eigenvalue weighted by molar-refractivity contribution is 6.88. The van der Waals surface area contributed by atoms with Crippen molar-refractivity contribution < 1.29 is 0 Å². The van der Waals surface area contributed by atoms with Crippen molar-refractivity contribution in [3.63, 3.8) is 0 Å². The molecule has 0 bridgehead atoms. The molecule has 6 rings (SSSR count). The maximum atomic E-state index is 4.84. The van der Waals surface area contributed by atoms with Gasteiger partial charge in [-0.15, -0.1) is 0 Å². The molecule has 0 aliphatic carbocycles. The monoisotopic (exact) mass is 479 g/mol. The second-order valence-corrected chi connectivity index (χ2v) is 15.6. The quantitative estimate of drug-likeness (QED) is 0.230. The van der Waals surface area contributed by atoms with Gasteiger partial charge in [0.15, 0.2) is 0 Å². The molecule has 0 aliphatic heterocycles. The molecule has 0 N–H and O–H groups in total. The van der Waals surface area contributed by atoms with Gasteiger partial charge in [-0.05, 0) is 56.4 Å². The van der Waals surface area contributed by atoms with E-state index in [2.05, 4.69) is 135 Å². The van der Waals surface area contributed by atoms with E-state index in [-0.39, 0.29) is 0 Å². The first-order valence-electron chi connectivity index (χ1n) is 12.5. The van der Waals surface area contributed by atoms with Gasteiger partial charge < -0.3 is 0 Å². The van der Waals surface area contributed by atoms with Gasteiger partial charge >= 0.3 is 0 Å². The van der Waals surface area contributed by atoms with E-state index in [9.17, 15) is 0 Å². The van der Waals surface area contributed by atoms with Crippen molar-refractivity contribution in [3.8, 4) is 33.5 Å². The number of hydrogen-bond acceptors (Lipinski definition) is 1. The lowest BCUT2D eigenvalue weighted by Gasteiger charge is -2.17. The van der Waals surface area contributed by atoms with Crippen LogP contribution >= 0.6 is 0 Å². The van der Waals surface area contributed by atoms with Crippen LogP contribution in [0.25, 0.3) is 55.1 Å². The van der Waals surface area contributed by atoms with Crippen LogP contribution in [0.5, 0.6) is 0 Å². The lowest BCUT2D eigenvalue weighted by Crippen LogP contribution is -2.37. The minimum atomic E-state index is -1.28. The zero-order valence-corrected chi connectivity index (χ0v) is 22.0. The topological polar surface area (TPSA) is 12.9 Å². The first-order chi connectivity index (χ1) is 17.5. The molecule has 6 aromatic rings. The van der Waals surface area contributed by atoms with Crippen molar-refractivity contribution in [2.45, 2.75) is 19.6 Å². The number of nitrogens with zero attached hydrogens (tertiary/aromatic N) is 1. The summed E-state index contributed by atoms with van der Waals surface area (Å²) in [4.78, 5) is 4.84. The van der Waals surface area contributed by atoms with Gasteiger partial charge in [-0.3, -0.25) is 4.98 Å². The van der Waals surface area contributed by atoms with Crippen LogP contribution in [0.2, 0.25) is 19.6 Å². The Morgan fingerprint density at radius 2 is 1.11 bits per heavy atom. The van der Waals surface area contributed by atoms with E-state index in [1.165, 1.54) is 49.0 Å². The van der Waals surface area contributed by atoms with Gasteiger partial charge in [0.1, 0.15) is 0 Å². The summed E-state index contributed by atoms with van der Waals surface area (Å²) in [6, 6.07) is 41.8. The Balaban J connectivity index is 1.29. The molecule has 2 heteroatoms. The van der Waals surface area contributed by atoms with Crippen LogP contribution in [0, 0.1) is 0 Å². The number of benzene rings is 5. The Bertz CT molecular complexity index is 1690. The Morgan fingerprint density at radius 3 is 1.78 bits per heavy atom. The van der Waals surface area contributed by atoms with Gasteiger partial charge in [-0.1, -0.05) is 122 Å². The predicted molar refractivity (Wildman–Crippen MR) is 159 cm³/mol. The van der Waals surface area contributed by atoms with Crippen molar-refractivity contribution in [2.24, 2.45) is 0 Å². The summed E-state index contributed by atoms with van der Waals surface area (Å²) in [5, 5.41) is 6.47. The molecule has 5 aromatic carbocycles. The maximum Gasteiger partial charge on any atom is 0.0775 e. The second-order valence-electron chi connectivity index (χ2n) is 10.6. The Morgan fingerprint density at radius 1 is 0.500 bits per heavy atom. The molecule has 36 heavy (non-hydrogen) atoms. The summed E-state index contributed by atoms with van der Waals surface area (Å²) < 4.78 is 0. The molecule has 0 spiro atoms. The minimum absolute atomic E-state index is 1.00. The third-order valence-electron chi connectivity index (χ3n) is 7.09. The number of rotatable bonds is 4. The standard InChI is InChI=1S/C34H29NSi/c1-36(2,3)31-18-15-24(16-19-31)26-11-12-28-22-29(14-13-27(28)21-26)30-17-20-34(35-23-30)33-10-6-8-25-7-4-5-9-32(25)33/h4-23H,1-3H3. The van der Waals surface area contributed by atoms with E-state index in [4.69, 9.17) is 4.98 Å². The van der Waals surface area contributed by atoms with Gasteiger partial charge in [0.05, 0.1) is 13.8 Å². The zero-order chi connectivity index (χ0) is 24.7. The zero-order valence-electron chi connectivity index (χ0n) is 21.0. The molecule has 0 fully saturated rings. The van der Waals surface area contributed by atoms with E-state index >= 15 is 0 Å². The van der Waals surface area contributed by atoms with Crippen molar-refractivity contribution in [3.05, 3.63) is 121 Å². The van der Waals surface area contributed by atoms with E-state index in [0.717, 1.165) is 11.3 Å². The van der Waals surface area contributed by atoms with Crippen LogP contribution in [0.1, 0.15) is 0 Å². The highest BCUT2D eigenvalue weighted by Gasteiger charge is 2.15. The molecular weight excluding hydrogens is 450 g/mol. The molecule has 0 amide bonds. The lowest BCUT2D eigenvalue weighted by atomic mass is 9.97. The van der Waals surface area contributed by atoms with E-state index in [0.29, 0.717) is 0 Å². The number of fused-ring (bicyclic) bond motifs is 2. The average molecular weight is 480 g/mol. The van der Waals surface area contributed by atoms with Gasteiger partial charge in [0.25, 0.3) is 0 Å². The fourth-order valence-electron chi connectivity index (χ4n) is 4.94. The summed E-state index contributed by atoms with van der Waals surface area (Å²) in [6.07, 6.45) is 1.99. The molecule has 0 radical (unpaired) electrons. The summed E-state index contributed by atoms with van der Waals surface area (Å²) in [7, 11) is -1.28. The van der Waals surface area contributed by atoms with Crippen LogP contribution in [-0.4, -0.2) is 13.1 Å². The van der Waals surface area contributed by atoms with Crippen molar-refractivity contribution >= 4 is 34.8 Å². The molecule has 0 saturated carbocycles. The fourth-order valence-corrected chi connectivity index (χ4v) is 6.11. The largest absolute Gasteiger partial charge is 0.256 e. The van der Waals surface area contributed by atoms with Crippen molar-refractivity contribution in [2.75, 3.05) is 0 Å². The van der Waals surface area contributed by atoms with Gasteiger partial charge in [-0.2, -0.15) is 0 Å². The summed E-state index contributed by atoms with van der Waals surface area (Å²) in [5.74, 6) is 0. The highest BCUT2D eigenvalue weighted by atomic mass is 28.3. The summed E-state index contributed by atoms with van der Waals surface area (Å²) in [6.45, 7) is 7.17. The predicted octanol–water partition coefficient (Wildman–Crippen LogP) is 8.93. The second kappa shape index (κ2) is 8.89. The molecule has 0 atom stereocenters. The van der Waals surface area contributed by atoms with Gasteiger partial charge in [0, 0.05) is 17.3 Å². The van der Waals surface area contributed by atoms with Crippen LogP contribution in [0.4, 0.5) is 0 Å². The molecule has 1 nitrogen and oxygen atoms in total. The first kappa shape index (κ1) is 22.5. The third-order valence-corrected chi connectivity index (χ3v) is 9.15. The minimum Gasteiger partial charge on any atom is -0.256 e. The Labute approximate surface area is 214 Å². The number of hydrogen-bond donors (Lipinski definition) is 0. The lowest BCUT2D eigenvalue weighted by molar-refractivity contribution is 1.33. The van der Waals surface area contributed by atoms with Crippen LogP contribution < -0.4 is 5.19 Å². The molecule has 1 aromatic heterocycles. The number of aromatic nitrogens is 1. The van der Waals surface area contributed by atoms with Crippen molar-refractivity contribution in [1.29, 1.82) is 0 Å².